The minimum absolute atomic E-state index is 0.0156. The van der Waals surface area contributed by atoms with Crippen molar-refractivity contribution in [2.75, 3.05) is 10.6 Å². The minimum atomic E-state index is -0.302. The number of hydrogen-bond acceptors (Lipinski definition) is 3. The Kier molecular flexibility index (Phi) is 6.37. The van der Waals surface area contributed by atoms with Crippen LogP contribution in [0.25, 0.3) is 0 Å². The predicted molar refractivity (Wildman–Crippen MR) is 96.7 cm³/mol. The molecule has 0 radical (unpaired) electrons. The number of unbranched alkanes of at least 4 members (excludes halogenated alkanes) is 2. The Labute approximate surface area is 142 Å². The lowest BCUT2D eigenvalue weighted by molar-refractivity contribution is -0.118. The van der Waals surface area contributed by atoms with Crippen molar-refractivity contribution in [2.24, 2.45) is 5.73 Å². The molecule has 0 unspecified atom stereocenters. The zero-order chi connectivity index (χ0) is 17.4. The SMILES string of the molecule is NC(=O)CCCCCC(=O)N(c1ccccc1)c1ccccc1N. The normalized spacial score (nSPS) is 10.3. The van der Waals surface area contributed by atoms with Crippen LogP contribution in [-0.4, -0.2) is 11.8 Å². The Bertz CT molecular complexity index is 686. The standard InChI is InChI=1S/C19H23N3O2/c20-16-11-7-8-12-17(16)22(15-9-3-1-4-10-15)19(24)14-6-2-5-13-18(21)23/h1,3-4,7-12H,2,5-6,13-14,20H2,(H2,21,23). The third-order valence-electron chi connectivity index (χ3n) is 3.76. The molecular formula is C19H23N3O2. The molecular weight excluding hydrogens is 302 g/mol. The van der Waals surface area contributed by atoms with Crippen molar-refractivity contribution in [1.29, 1.82) is 0 Å². The average molecular weight is 325 g/mol. The van der Waals surface area contributed by atoms with Crippen molar-refractivity contribution in [2.45, 2.75) is 32.1 Å². The molecule has 0 saturated heterocycles. The zero-order valence-corrected chi connectivity index (χ0v) is 13.7. The molecule has 0 aliphatic heterocycles. The number of carbonyl (C=O) groups is 2. The highest BCUT2D eigenvalue weighted by molar-refractivity contribution is 6.02. The topological polar surface area (TPSA) is 89.4 Å². The molecule has 0 fully saturated rings. The number of carbonyl (C=O) groups excluding carboxylic acids is 2. The number of rotatable bonds is 8. The third kappa shape index (κ3) is 4.84. The van der Waals surface area contributed by atoms with Crippen LogP contribution in [0.3, 0.4) is 0 Å². The van der Waals surface area contributed by atoms with Crippen molar-refractivity contribution in [1.82, 2.24) is 0 Å². The average Bonchev–Trinajstić information content (AvgIpc) is 2.57. The van der Waals surface area contributed by atoms with E-state index in [1.54, 1.807) is 11.0 Å². The highest BCUT2D eigenvalue weighted by Gasteiger charge is 2.19. The first-order chi connectivity index (χ1) is 11.6. The van der Waals surface area contributed by atoms with E-state index in [0.717, 1.165) is 12.1 Å². The Morgan fingerprint density at radius 1 is 0.833 bits per heavy atom. The van der Waals surface area contributed by atoms with Crippen LogP contribution in [0.15, 0.2) is 54.6 Å². The molecule has 2 aromatic rings. The monoisotopic (exact) mass is 325 g/mol. The summed E-state index contributed by atoms with van der Waals surface area (Å²) in [7, 11) is 0. The number of para-hydroxylation sites is 3. The fraction of sp³-hybridized carbons (Fsp3) is 0.263. The van der Waals surface area contributed by atoms with Gasteiger partial charge >= 0.3 is 0 Å². The van der Waals surface area contributed by atoms with Crippen molar-refractivity contribution in [3.8, 4) is 0 Å². The molecule has 0 saturated carbocycles. The third-order valence-corrected chi connectivity index (χ3v) is 3.76. The molecule has 2 aromatic carbocycles. The van der Waals surface area contributed by atoms with E-state index in [9.17, 15) is 9.59 Å². The lowest BCUT2D eigenvalue weighted by atomic mass is 10.1. The summed E-state index contributed by atoms with van der Waals surface area (Å²) >= 11 is 0. The maximum atomic E-state index is 12.8. The molecule has 24 heavy (non-hydrogen) atoms. The van der Waals surface area contributed by atoms with Crippen LogP contribution in [0.1, 0.15) is 32.1 Å². The minimum Gasteiger partial charge on any atom is -0.397 e. The molecule has 126 valence electrons. The molecule has 0 spiro atoms. The Hall–Kier alpha value is -2.82. The van der Waals surface area contributed by atoms with Crippen molar-refractivity contribution >= 4 is 28.9 Å². The lowest BCUT2D eigenvalue weighted by Crippen LogP contribution is -2.26. The summed E-state index contributed by atoms with van der Waals surface area (Å²) < 4.78 is 0. The van der Waals surface area contributed by atoms with Gasteiger partial charge in [-0.25, -0.2) is 0 Å². The molecule has 0 aromatic heterocycles. The van der Waals surface area contributed by atoms with Gasteiger partial charge in [-0.3, -0.25) is 14.5 Å². The zero-order valence-electron chi connectivity index (χ0n) is 13.7. The Balaban J connectivity index is 2.10. The molecule has 2 rings (SSSR count). The maximum absolute atomic E-state index is 12.8. The number of nitrogen functional groups attached to an aromatic ring is 1. The van der Waals surface area contributed by atoms with Gasteiger partial charge in [0, 0.05) is 18.5 Å². The van der Waals surface area contributed by atoms with Gasteiger partial charge < -0.3 is 11.5 Å². The highest BCUT2D eigenvalue weighted by atomic mass is 16.2. The van der Waals surface area contributed by atoms with Crippen LogP contribution in [0, 0.1) is 0 Å². The first kappa shape index (κ1) is 17.5. The maximum Gasteiger partial charge on any atom is 0.231 e. The number of hydrogen-bond donors (Lipinski definition) is 2. The van der Waals surface area contributed by atoms with Gasteiger partial charge in [-0.1, -0.05) is 36.8 Å². The molecule has 5 heteroatoms. The first-order valence-corrected chi connectivity index (χ1v) is 8.10. The van der Waals surface area contributed by atoms with Crippen LogP contribution in [0.5, 0.6) is 0 Å². The quantitative estimate of drug-likeness (QED) is 0.576. The predicted octanol–water partition coefficient (Wildman–Crippen LogP) is 3.37. The fourth-order valence-corrected chi connectivity index (χ4v) is 2.55. The summed E-state index contributed by atoms with van der Waals surface area (Å²) in [6, 6.07) is 16.8. The summed E-state index contributed by atoms with van der Waals surface area (Å²) in [5.41, 5.74) is 13.2. The number of benzene rings is 2. The van der Waals surface area contributed by atoms with Gasteiger partial charge in [0.25, 0.3) is 0 Å². The van der Waals surface area contributed by atoms with Gasteiger partial charge in [0.15, 0.2) is 0 Å². The van der Waals surface area contributed by atoms with Crippen LogP contribution in [-0.2, 0) is 9.59 Å². The molecule has 2 amide bonds. The van der Waals surface area contributed by atoms with E-state index in [-0.39, 0.29) is 11.8 Å². The molecule has 0 bridgehead atoms. The van der Waals surface area contributed by atoms with Gasteiger partial charge in [0.2, 0.25) is 11.8 Å². The summed E-state index contributed by atoms with van der Waals surface area (Å²) in [6.07, 6.45) is 2.97. The van der Waals surface area contributed by atoms with E-state index in [4.69, 9.17) is 11.5 Å². The molecule has 5 nitrogen and oxygen atoms in total. The van der Waals surface area contributed by atoms with E-state index in [2.05, 4.69) is 0 Å². The second-order valence-electron chi connectivity index (χ2n) is 5.65. The molecule has 4 N–H and O–H groups in total. The second kappa shape index (κ2) is 8.72. The van der Waals surface area contributed by atoms with E-state index < -0.39 is 0 Å². The number of nitrogens with two attached hydrogens (primary N) is 2. The molecule has 0 aliphatic rings. The van der Waals surface area contributed by atoms with Crippen molar-refractivity contribution < 1.29 is 9.59 Å². The fourth-order valence-electron chi connectivity index (χ4n) is 2.55. The van der Waals surface area contributed by atoms with Gasteiger partial charge in [-0.15, -0.1) is 0 Å². The van der Waals surface area contributed by atoms with Crippen LogP contribution >= 0.6 is 0 Å². The van der Waals surface area contributed by atoms with E-state index in [0.29, 0.717) is 37.1 Å². The number of nitrogens with zero attached hydrogens (tertiary/aromatic N) is 1. The smallest absolute Gasteiger partial charge is 0.231 e. The number of primary amides is 1. The first-order valence-electron chi connectivity index (χ1n) is 8.10. The van der Waals surface area contributed by atoms with Gasteiger partial charge in [0.05, 0.1) is 11.4 Å². The highest BCUT2D eigenvalue weighted by Crippen LogP contribution is 2.31. The number of anilines is 3. The lowest BCUT2D eigenvalue weighted by Gasteiger charge is -2.24. The van der Waals surface area contributed by atoms with Gasteiger partial charge in [-0.05, 0) is 37.1 Å². The largest absolute Gasteiger partial charge is 0.397 e. The van der Waals surface area contributed by atoms with Crippen LogP contribution < -0.4 is 16.4 Å². The summed E-state index contributed by atoms with van der Waals surface area (Å²) in [5, 5.41) is 0. The second-order valence-corrected chi connectivity index (χ2v) is 5.65. The van der Waals surface area contributed by atoms with E-state index in [1.165, 1.54) is 0 Å². The summed E-state index contributed by atoms with van der Waals surface area (Å²) in [6.45, 7) is 0. The Morgan fingerprint density at radius 3 is 2.12 bits per heavy atom. The summed E-state index contributed by atoms with van der Waals surface area (Å²) in [5.74, 6) is -0.317. The van der Waals surface area contributed by atoms with Crippen molar-refractivity contribution in [3.05, 3.63) is 54.6 Å². The van der Waals surface area contributed by atoms with E-state index in [1.807, 2.05) is 48.5 Å². The molecule has 0 heterocycles. The van der Waals surface area contributed by atoms with Crippen LogP contribution in [0.2, 0.25) is 0 Å². The van der Waals surface area contributed by atoms with Gasteiger partial charge in [0.1, 0.15) is 0 Å². The van der Waals surface area contributed by atoms with Crippen molar-refractivity contribution in [3.63, 3.8) is 0 Å². The molecule has 0 atom stereocenters. The number of amides is 2. The summed E-state index contributed by atoms with van der Waals surface area (Å²) in [4.78, 5) is 25.2. The molecule has 0 aliphatic carbocycles. The Morgan fingerprint density at radius 2 is 1.46 bits per heavy atom. The van der Waals surface area contributed by atoms with Crippen LogP contribution in [0.4, 0.5) is 17.1 Å². The van der Waals surface area contributed by atoms with Gasteiger partial charge in [-0.2, -0.15) is 0 Å². The van der Waals surface area contributed by atoms with E-state index >= 15 is 0 Å².